The molecule has 0 aliphatic heterocycles. The highest BCUT2D eigenvalue weighted by molar-refractivity contribution is 5.86. The van der Waals surface area contributed by atoms with Gasteiger partial charge in [0.15, 0.2) is 0 Å². The maximum atomic E-state index is 10.1. The molecule has 0 aliphatic carbocycles. The molecule has 0 aromatic heterocycles. The second-order valence-electron chi connectivity index (χ2n) is 5.03. The molecule has 110 valence electrons. The number of hydrogen-bond acceptors (Lipinski definition) is 2. The van der Waals surface area contributed by atoms with Gasteiger partial charge in [0.2, 0.25) is 6.41 Å². The fraction of sp³-hybridized carbons (Fsp3) is 0.278. The minimum atomic E-state index is 0.300. The molecule has 2 aromatic carbocycles. The quantitative estimate of drug-likeness (QED) is 0.443. The van der Waals surface area contributed by atoms with Crippen molar-refractivity contribution in [3.63, 3.8) is 0 Å². The van der Waals surface area contributed by atoms with E-state index in [0.29, 0.717) is 12.6 Å². The summed E-state index contributed by atoms with van der Waals surface area (Å²) < 4.78 is 0. The lowest BCUT2D eigenvalue weighted by atomic mass is 10.00. The molecule has 0 bridgehead atoms. The summed E-state index contributed by atoms with van der Waals surface area (Å²) in [4.78, 5) is 10.1. The number of nitrogens with one attached hydrogen (secondary N) is 2. The van der Waals surface area contributed by atoms with Crippen molar-refractivity contribution < 1.29 is 4.79 Å². The second-order valence-corrected chi connectivity index (χ2v) is 5.03. The highest BCUT2D eigenvalue weighted by Gasteiger charge is 2.07. The molecule has 21 heavy (non-hydrogen) atoms. The summed E-state index contributed by atoms with van der Waals surface area (Å²) in [5.74, 6) is 0. The Bertz CT molecular complexity index is 602. The van der Waals surface area contributed by atoms with Crippen molar-refractivity contribution in [1.82, 2.24) is 10.6 Å². The van der Waals surface area contributed by atoms with Crippen LogP contribution in [0.15, 0.2) is 54.6 Å². The fourth-order valence-electron chi connectivity index (χ4n) is 2.41. The standard InChI is InChI=1S/C18H22N2O/c1-15(20-13-6-2-5-12-19-14-21)17-11-7-9-16-8-3-4-10-18(16)17/h2-4,6-11,14-15,20H,5,12-13H2,1H3,(H,19,21)/b6-2+/t15-/m1/s1. The molecule has 3 heteroatoms. The maximum Gasteiger partial charge on any atom is 0.207 e. The average Bonchev–Trinajstić information content (AvgIpc) is 2.53. The van der Waals surface area contributed by atoms with E-state index in [1.807, 2.05) is 0 Å². The zero-order valence-corrected chi connectivity index (χ0v) is 12.4. The van der Waals surface area contributed by atoms with Crippen LogP contribution in [0.5, 0.6) is 0 Å². The lowest BCUT2D eigenvalue weighted by Crippen LogP contribution is -2.18. The third kappa shape index (κ3) is 4.43. The van der Waals surface area contributed by atoms with Gasteiger partial charge in [0.25, 0.3) is 0 Å². The Hall–Kier alpha value is -2.13. The van der Waals surface area contributed by atoms with Crippen molar-refractivity contribution in [3.05, 3.63) is 60.2 Å². The average molecular weight is 282 g/mol. The zero-order chi connectivity index (χ0) is 14.9. The molecule has 0 fully saturated rings. The van der Waals surface area contributed by atoms with E-state index < -0.39 is 0 Å². The van der Waals surface area contributed by atoms with Crippen LogP contribution >= 0.6 is 0 Å². The number of benzene rings is 2. The molecule has 0 radical (unpaired) electrons. The van der Waals surface area contributed by atoms with Crippen LogP contribution in [0.4, 0.5) is 0 Å². The zero-order valence-electron chi connectivity index (χ0n) is 12.4. The van der Waals surface area contributed by atoms with E-state index in [0.717, 1.165) is 19.4 Å². The largest absolute Gasteiger partial charge is 0.358 e. The molecular formula is C18H22N2O. The van der Waals surface area contributed by atoms with Crippen molar-refractivity contribution in [2.45, 2.75) is 19.4 Å². The Balaban J connectivity index is 1.90. The highest BCUT2D eigenvalue weighted by atomic mass is 16.1. The van der Waals surface area contributed by atoms with Crippen LogP contribution in [0, 0.1) is 0 Å². The van der Waals surface area contributed by atoms with E-state index in [9.17, 15) is 4.79 Å². The van der Waals surface area contributed by atoms with E-state index in [-0.39, 0.29) is 0 Å². The molecule has 3 nitrogen and oxygen atoms in total. The first-order valence-electron chi connectivity index (χ1n) is 7.36. The van der Waals surface area contributed by atoms with Crippen LogP contribution < -0.4 is 10.6 Å². The topological polar surface area (TPSA) is 41.1 Å². The summed E-state index contributed by atoms with van der Waals surface area (Å²) in [6, 6.07) is 15.2. The number of fused-ring (bicyclic) bond motifs is 1. The molecule has 0 aliphatic rings. The van der Waals surface area contributed by atoms with Gasteiger partial charge in [-0.3, -0.25) is 4.79 Å². The third-order valence-electron chi connectivity index (χ3n) is 3.54. The summed E-state index contributed by atoms with van der Waals surface area (Å²) in [5, 5.41) is 8.73. The maximum absolute atomic E-state index is 10.1. The predicted molar refractivity (Wildman–Crippen MR) is 88.2 cm³/mol. The molecule has 0 heterocycles. The van der Waals surface area contributed by atoms with Crippen molar-refractivity contribution in [1.29, 1.82) is 0 Å². The Labute approximate surface area is 126 Å². The Morgan fingerprint density at radius 2 is 1.90 bits per heavy atom. The van der Waals surface area contributed by atoms with Crippen molar-refractivity contribution in [2.24, 2.45) is 0 Å². The third-order valence-corrected chi connectivity index (χ3v) is 3.54. The first-order valence-corrected chi connectivity index (χ1v) is 7.36. The predicted octanol–water partition coefficient (Wildman–Crippen LogP) is 3.18. The highest BCUT2D eigenvalue weighted by Crippen LogP contribution is 2.23. The van der Waals surface area contributed by atoms with Crippen LogP contribution in [0.25, 0.3) is 10.8 Å². The first kappa shape index (κ1) is 15.3. The minimum absolute atomic E-state index is 0.300. The van der Waals surface area contributed by atoms with E-state index in [4.69, 9.17) is 0 Å². The molecular weight excluding hydrogens is 260 g/mol. The summed E-state index contributed by atoms with van der Waals surface area (Å²) in [7, 11) is 0. The molecule has 2 N–H and O–H groups in total. The van der Waals surface area contributed by atoms with Crippen LogP contribution in [-0.4, -0.2) is 19.5 Å². The number of carbonyl (C=O) groups is 1. The smallest absolute Gasteiger partial charge is 0.207 e. The van der Waals surface area contributed by atoms with Gasteiger partial charge in [0.05, 0.1) is 0 Å². The van der Waals surface area contributed by atoms with Gasteiger partial charge in [-0.05, 0) is 29.7 Å². The van der Waals surface area contributed by atoms with Crippen LogP contribution in [-0.2, 0) is 4.79 Å². The molecule has 0 spiro atoms. The SMILES string of the molecule is C[C@@H](NC/C=C/CCNC=O)c1cccc2ccccc12. The normalized spacial score (nSPS) is 12.6. The summed E-state index contributed by atoms with van der Waals surface area (Å²) >= 11 is 0. The van der Waals surface area contributed by atoms with Crippen LogP contribution in [0.1, 0.15) is 24.9 Å². The Morgan fingerprint density at radius 3 is 2.76 bits per heavy atom. The van der Waals surface area contributed by atoms with E-state index in [1.54, 1.807) is 0 Å². The van der Waals surface area contributed by atoms with E-state index in [2.05, 4.69) is 72.2 Å². The van der Waals surface area contributed by atoms with Gasteiger partial charge >= 0.3 is 0 Å². The number of amides is 1. The fourth-order valence-corrected chi connectivity index (χ4v) is 2.41. The van der Waals surface area contributed by atoms with Gasteiger partial charge in [-0.15, -0.1) is 0 Å². The van der Waals surface area contributed by atoms with Gasteiger partial charge in [-0.25, -0.2) is 0 Å². The summed E-state index contributed by atoms with van der Waals surface area (Å²) in [6.45, 7) is 3.70. The minimum Gasteiger partial charge on any atom is -0.358 e. The molecule has 2 rings (SSSR count). The molecule has 1 atom stereocenters. The Kier molecular flexibility index (Phi) is 5.98. The number of carbonyl (C=O) groups excluding carboxylic acids is 1. The molecule has 0 saturated heterocycles. The molecule has 0 saturated carbocycles. The van der Waals surface area contributed by atoms with Gasteiger partial charge in [-0.1, -0.05) is 54.6 Å². The van der Waals surface area contributed by atoms with Crippen LogP contribution in [0.2, 0.25) is 0 Å². The van der Waals surface area contributed by atoms with Gasteiger partial charge < -0.3 is 10.6 Å². The number of rotatable bonds is 8. The Morgan fingerprint density at radius 1 is 1.10 bits per heavy atom. The van der Waals surface area contributed by atoms with Gasteiger partial charge in [0, 0.05) is 19.1 Å². The van der Waals surface area contributed by atoms with Gasteiger partial charge in [-0.2, -0.15) is 0 Å². The molecule has 2 aromatic rings. The van der Waals surface area contributed by atoms with Crippen molar-refractivity contribution in [2.75, 3.05) is 13.1 Å². The van der Waals surface area contributed by atoms with Crippen molar-refractivity contribution >= 4 is 17.2 Å². The second kappa shape index (κ2) is 8.22. The molecule has 1 amide bonds. The number of hydrogen-bond donors (Lipinski definition) is 2. The lowest BCUT2D eigenvalue weighted by molar-refractivity contribution is -0.109. The van der Waals surface area contributed by atoms with Gasteiger partial charge in [0.1, 0.15) is 0 Å². The summed E-state index contributed by atoms with van der Waals surface area (Å²) in [6.07, 6.45) is 5.78. The van der Waals surface area contributed by atoms with E-state index in [1.165, 1.54) is 16.3 Å². The lowest BCUT2D eigenvalue weighted by Gasteiger charge is -2.15. The monoisotopic (exact) mass is 282 g/mol. The van der Waals surface area contributed by atoms with Crippen molar-refractivity contribution in [3.8, 4) is 0 Å². The van der Waals surface area contributed by atoms with Crippen LogP contribution in [0.3, 0.4) is 0 Å². The summed E-state index contributed by atoms with van der Waals surface area (Å²) in [5.41, 5.74) is 1.32. The van der Waals surface area contributed by atoms with E-state index >= 15 is 0 Å². The molecule has 0 unspecified atom stereocenters. The first-order chi connectivity index (χ1) is 10.3.